The van der Waals surface area contributed by atoms with Gasteiger partial charge < -0.3 is 9.88 Å². The highest BCUT2D eigenvalue weighted by Gasteiger charge is 2.28. The zero-order chi connectivity index (χ0) is 17.6. The minimum Gasteiger partial charge on any atom is -0.356 e. The van der Waals surface area contributed by atoms with Gasteiger partial charge in [0.15, 0.2) is 0 Å². The number of nitrogens with one attached hydrogen (secondary N) is 1. The second-order valence-corrected chi connectivity index (χ2v) is 7.52. The number of benzene rings is 1. The lowest BCUT2D eigenvalue weighted by atomic mass is 10.1. The van der Waals surface area contributed by atoms with Crippen molar-refractivity contribution in [2.45, 2.75) is 65.3 Å². The molecular weight excluding hydrogens is 310 g/mol. The summed E-state index contributed by atoms with van der Waals surface area (Å²) in [7, 11) is 0. The van der Waals surface area contributed by atoms with Gasteiger partial charge in [0, 0.05) is 25.4 Å². The van der Waals surface area contributed by atoms with Crippen LogP contribution in [-0.4, -0.2) is 22.0 Å². The molecule has 1 aliphatic carbocycles. The molecule has 4 heteroatoms. The molecule has 1 aliphatic rings. The second-order valence-electron chi connectivity index (χ2n) is 7.52. The SMILES string of the molecule is CCC(C)Cn1c(CCCCCNC(=O)C2CC2)nc2ccccc21. The topological polar surface area (TPSA) is 46.9 Å². The van der Waals surface area contributed by atoms with Crippen LogP contribution >= 0.6 is 0 Å². The number of imidazole rings is 1. The number of hydrogen-bond donors (Lipinski definition) is 1. The van der Waals surface area contributed by atoms with Crippen LogP contribution in [0, 0.1) is 11.8 Å². The summed E-state index contributed by atoms with van der Waals surface area (Å²) < 4.78 is 2.42. The molecule has 1 amide bonds. The molecular formula is C21H31N3O. The van der Waals surface area contributed by atoms with E-state index in [4.69, 9.17) is 4.98 Å². The summed E-state index contributed by atoms with van der Waals surface area (Å²) in [6.07, 6.45) is 7.69. The van der Waals surface area contributed by atoms with Crippen LogP contribution in [0.25, 0.3) is 11.0 Å². The van der Waals surface area contributed by atoms with E-state index in [2.05, 4.69) is 48.0 Å². The fourth-order valence-electron chi connectivity index (χ4n) is 3.25. The lowest BCUT2D eigenvalue weighted by Crippen LogP contribution is -2.25. The van der Waals surface area contributed by atoms with Crippen molar-refractivity contribution in [1.82, 2.24) is 14.9 Å². The number of aromatic nitrogens is 2. The van der Waals surface area contributed by atoms with Crippen molar-refractivity contribution >= 4 is 16.9 Å². The first-order valence-corrected chi connectivity index (χ1v) is 9.91. The number of aryl methyl sites for hydroxylation is 1. The Bertz CT molecular complexity index is 702. The third kappa shape index (κ3) is 4.83. The molecule has 136 valence electrons. The number of amides is 1. The van der Waals surface area contributed by atoms with Gasteiger partial charge in [-0.15, -0.1) is 0 Å². The van der Waals surface area contributed by atoms with Crippen LogP contribution in [0.5, 0.6) is 0 Å². The van der Waals surface area contributed by atoms with Crippen LogP contribution in [0.15, 0.2) is 24.3 Å². The van der Waals surface area contributed by atoms with Gasteiger partial charge in [-0.3, -0.25) is 4.79 Å². The Labute approximate surface area is 151 Å². The molecule has 0 bridgehead atoms. The third-order valence-corrected chi connectivity index (χ3v) is 5.25. The van der Waals surface area contributed by atoms with E-state index in [1.54, 1.807) is 0 Å². The molecule has 1 fully saturated rings. The highest BCUT2D eigenvalue weighted by Crippen LogP contribution is 2.28. The molecule has 4 nitrogen and oxygen atoms in total. The number of rotatable bonds is 10. The molecule has 1 aromatic heterocycles. The van der Waals surface area contributed by atoms with Crippen molar-refractivity contribution in [1.29, 1.82) is 0 Å². The summed E-state index contributed by atoms with van der Waals surface area (Å²) in [6.45, 7) is 6.42. The first-order chi connectivity index (χ1) is 12.2. The van der Waals surface area contributed by atoms with Crippen LogP contribution in [0.1, 0.15) is 58.2 Å². The molecule has 3 rings (SSSR count). The maximum Gasteiger partial charge on any atom is 0.223 e. The lowest BCUT2D eigenvalue weighted by molar-refractivity contribution is -0.122. The van der Waals surface area contributed by atoms with Gasteiger partial charge >= 0.3 is 0 Å². The number of fused-ring (bicyclic) bond motifs is 1. The quantitative estimate of drug-likeness (QED) is 0.654. The van der Waals surface area contributed by atoms with Crippen molar-refractivity contribution in [3.8, 4) is 0 Å². The van der Waals surface area contributed by atoms with E-state index >= 15 is 0 Å². The van der Waals surface area contributed by atoms with Gasteiger partial charge in [-0.1, -0.05) is 38.8 Å². The van der Waals surface area contributed by atoms with Crippen LogP contribution in [0.3, 0.4) is 0 Å². The van der Waals surface area contributed by atoms with Crippen LogP contribution < -0.4 is 5.32 Å². The largest absolute Gasteiger partial charge is 0.356 e. The van der Waals surface area contributed by atoms with Gasteiger partial charge in [-0.25, -0.2) is 4.98 Å². The maximum atomic E-state index is 11.6. The molecule has 1 atom stereocenters. The van der Waals surface area contributed by atoms with E-state index in [1.165, 1.54) is 17.8 Å². The highest BCUT2D eigenvalue weighted by molar-refractivity contribution is 5.80. The number of unbranched alkanes of at least 4 members (excludes halogenated alkanes) is 2. The smallest absolute Gasteiger partial charge is 0.223 e. The molecule has 0 saturated heterocycles. The first kappa shape index (κ1) is 18.0. The minimum absolute atomic E-state index is 0.260. The molecule has 1 unspecified atom stereocenters. The van der Waals surface area contributed by atoms with Gasteiger partial charge in [-0.2, -0.15) is 0 Å². The number of nitrogens with zero attached hydrogens (tertiary/aromatic N) is 2. The van der Waals surface area contributed by atoms with Gasteiger partial charge in [0.2, 0.25) is 5.91 Å². The summed E-state index contributed by atoms with van der Waals surface area (Å²) >= 11 is 0. The van der Waals surface area contributed by atoms with Crippen LogP contribution in [0.2, 0.25) is 0 Å². The molecule has 0 aliphatic heterocycles. The first-order valence-electron chi connectivity index (χ1n) is 9.91. The predicted octanol–water partition coefficient (Wildman–Crippen LogP) is 4.32. The molecule has 25 heavy (non-hydrogen) atoms. The summed E-state index contributed by atoms with van der Waals surface area (Å²) in [5, 5.41) is 3.05. The van der Waals surface area contributed by atoms with Gasteiger partial charge in [0.1, 0.15) is 5.82 Å². The summed E-state index contributed by atoms with van der Waals surface area (Å²) in [6, 6.07) is 8.46. The normalized spacial score (nSPS) is 15.4. The van der Waals surface area contributed by atoms with Crippen molar-refractivity contribution in [2.24, 2.45) is 11.8 Å². The minimum atomic E-state index is 0.260. The molecule has 2 aromatic rings. The predicted molar refractivity (Wildman–Crippen MR) is 102 cm³/mol. The number of carbonyl (C=O) groups is 1. The van der Waals surface area contributed by atoms with Crippen molar-refractivity contribution in [3.63, 3.8) is 0 Å². The summed E-state index contributed by atoms with van der Waals surface area (Å²) in [4.78, 5) is 16.5. The number of para-hydroxylation sites is 2. The number of hydrogen-bond acceptors (Lipinski definition) is 2. The molecule has 1 saturated carbocycles. The zero-order valence-electron chi connectivity index (χ0n) is 15.6. The Balaban J connectivity index is 1.51. The van der Waals surface area contributed by atoms with Crippen molar-refractivity contribution in [2.75, 3.05) is 6.54 Å². The Morgan fingerprint density at radius 2 is 2.08 bits per heavy atom. The van der Waals surface area contributed by atoms with E-state index < -0.39 is 0 Å². The zero-order valence-corrected chi connectivity index (χ0v) is 15.6. The summed E-state index contributed by atoms with van der Waals surface area (Å²) in [5.74, 6) is 2.45. The Morgan fingerprint density at radius 1 is 1.28 bits per heavy atom. The molecule has 1 aromatic carbocycles. The fourth-order valence-corrected chi connectivity index (χ4v) is 3.25. The Morgan fingerprint density at radius 3 is 2.84 bits per heavy atom. The molecule has 0 radical (unpaired) electrons. The standard InChI is InChI=1S/C21H31N3O/c1-3-16(2)15-24-19-10-7-6-9-18(19)23-20(24)11-5-4-8-14-22-21(25)17-12-13-17/h6-7,9-10,16-17H,3-5,8,11-15H2,1-2H3,(H,22,25). The van der Waals surface area contributed by atoms with Crippen LogP contribution in [-0.2, 0) is 17.8 Å². The molecule has 1 heterocycles. The van der Waals surface area contributed by atoms with E-state index in [1.807, 2.05) is 0 Å². The van der Waals surface area contributed by atoms with E-state index in [-0.39, 0.29) is 5.91 Å². The van der Waals surface area contributed by atoms with Gasteiger partial charge in [0.25, 0.3) is 0 Å². The Hall–Kier alpha value is -1.84. The van der Waals surface area contributed by atoms with Gasteiger partial charge in [-0.05, 0) is 43.7 Å². The van der Waals surface area contributed by atoms with Crippen molar-refractivity contribution in [3.05, 3.63) is 30.1 Å². The summed E-state index contributed by atoms with van der Waals surface area (Å²) in [5.41, 5.74) is 2.37. The second kappa shape index (κ2) is 8.50. The molecule has 0 spiro atoms. The average Bonchev–Trinajstić information content (AvgIpc) is 3.42. The van der Waals surface area contributed by atoms with E-state index in [0.717, 1.165) is 57.1 Å². The van der Waals surface area contributed by atoms with Gasteiger partial charge in [0.05, 0.1) is 11.0 Å². The monoisotopic (exact) mass is 341 g/mol. The van der Waals surface area contributed by atoms with Crippen molar-refractivity contribution < 1.29 is 4.79 Å². The highest BCUT2D eigenvalue weighted by atomic mass is 16.2. The van der Waals surface area contributed by atoms with E-state index in [9.17, 15) is 4.79 Å². The average molecular weight is 341 g/mol. The fraction of sp³-hybridized carbons (Fsp3) is 0.619. The Kier molecular flexibility index (Phi) is 6.11. The number of carbonyl (C=O) groups excluding carboxylic acids is 1. The molecule has 1 N–H and O–H groups in total. The lowest BCUT2D eigenvalue weighted by Gasteiger charge is -2.14. The van der Waals surface area contributed by atoms with Crippen LogP contribution in [0.4, 0.5) is 0 Å². The maximum absolute atomic E-state index is 11.6. The van der Waals surface area contributed by atoms with E-state index in [0.29, 0.717) is 11.8 Å². The third-order valence-electron chi connectivity index (χ3n) is 5.25.